The van der Waals surface area contributed by atoms with Gasteiger partial charge in [0.2, 0.25) is 10.0 Å². The number of benzene rings is 3. The van der Waals surface area contributed by atoms with E-state index in [2.05, 4.69) is 14.7 Å². The minimum Gasteiger partial charge on any atom is -0.454 e. The van der Waals surface area contributed by atoms with Crippen LogP contribution >= 0.6 is 0 Å². The van der Waals surface area contributed by atoms with Gasteiger partial charge in [0.1, 0.15) is 17.3 Å². The standard InChI is InChI=1S/C23H19F2N3O4S/c1-3-33(30,31)28-16-6-9-21(32-22-8-5-15(24)11-18(22)25)17(12-16)14-4-7-19-20(10-14)26-13(2)23(29)27-19/h4-12,28H,3H2,1-2H3,(H,27,29). The minimum absolute atomic E-state index is 0.117. The zero-order valence-corrected chi connectivity index (χ0v) is 18.5. The summed E-state index contributed by atoms with van der Waals surface area (Å²) in [6.45, 7) is 3.09. The zero-order valence-electron chi connectivity index (χ0n) is 17.6. The van der Waals surface area contributed by atoms with Gasteiger partial charge in [-0.15, -0.1) is 0 Å². The predicted octanol–water partition coefficient (Wildman–Crippen LogP) is 4.73. The van der Waals surface area contributed by atoms with Gasteiger partial charge in [-0.25, -0.2) is 22.2 Å². The van der Waals surface area contributed by atoms with Gasteiger partial charge < -0.3 is 9.72 Å². The van der Waals surface area contributed by atoms with E-state index in [1.54, 1.807) is 31.2 Å². The normalized spacial score (nSPS) is 11.5. The number of aryl methyl sites for hydroxylation is 1. The van der Waals surface area contributed by atoms with Crippen molar-refractivity contribution < 1.29 is 21.9 Å². The molecule has 7 nitrogen and oxygen atoms in total. The van der Waals surface area contributed by atoms with E-state index in [0.717, 1.165) is 12.1 Å². The number of hydrogen-bond donors (Lipinski definition) is 2. The van der Waals surface area contributed by atoms with Crippen molar-refractivity contribution in [2.24, 2.45) is 0 Å². The van der Waals surface area contributed by atoms with Gasteiger partial charge in [-0.1, -0.05) is 6.07 Å². The quantitative estimate of drug-likeness (QED) is 0.423. The van der Waals surface area contributed by atoms with Crippen LogP contribution in [0.2, 0.25) is 0 Å². The third-order valence-electron chi connectivity index (χ3n) is 4.92. The van der Waals surface area contributed by atoms with E-state index in [9.17, 15) is 22.0 Å². The van der Waals surface area contributed by atoms with Gasteiger partial charge in [0.05, 0.1) is 16.8 Å². The number of rotatable bonds is 6. The highest BCUT2D eigenvalue weighted by molar-refractivity contribution is 7.92. The van der Waals surface area contributed by atoms with Gasteiger partial charge in [-0.3, -0.25) is 9.52 Å². The number of H-pyrrole nitrogens is 1. The molecule has 170 valence electrons. The molecule has 0 aliphatic rings. The molecule has 3 aromatic carbocycles. The van der Waals surface area contributed by atoms with Crippen LogP contribution < -0.4 is 15.0 Å². The maximum absolute atomic E-state index is 14.2. The summed E-state index contributed by atoms with van der Waals surface area (Å²) in [5.41, 5.74) is 2.30. The first-order valence-corrected chi connectivity index (χ1v) is 11.6. The fourth-order valence-electron chi connectivity index (χ4n) is 3.18. The number of aromatic nitrogens is 2. The van der Waals surface area contributed by atoms with E-state index in [4.69, 9.17) is 4.74 Å². The highest BCUT2D eigenvalue weighted by Gasteiger charge is 2.15. The number of fused-ring (bicyclic) bond motifs is 1. The predicted molar refractivity (Wildman–Crippen MR) is 122 cm³/mol. The molecule has 0 atom stereocenters. The summed E-state index contributed by atoms with van der Waals surface area (Å²) in [5, 5.41) is 0. The third-order valence-corrected chi connectivity index (χ3v) is 6.23. The van der Waals surface area contributed by atoms with Gasteiger partial charge >= 0.3 is 0 Å². The maximum atomic E-state index is 14.2. The summed E-state index contributed by atoms with van der Waals surface area (Å²) in [6, 6.07) is 12.5. The fraction of sp³-hybridized carbons (Fsp3) is 0.130. The molecule has 0 bridgehead atoms. The Bertz CT molecular complexity index is 1540. The lowest BCUT2D eigenvalue weighted by Gasteiger charge is -2.15. The van der Waals surface area contributed by atoms with Crippen LogP contribution in [-0.4, -0.2) is 24.1 Å². The minimum atomic E-state index is -3.54. The van der Waals surface area contributed by atoms with Crippen molar-refractivity contribution in [2.45, 2.75) is 13.8 Å². The van der Waals surface area contributed by atoms with Crippen LogP contribution in [0.15, 0.2) is 59.4 Å². The Labute approximate surface area is 188 Å². The average Bonchev–Trinajstić information content (AvgIpc) is 2.77. The zero-order chi connectivity index (χ0) is 23.8. The van der Waals surface area contributed by atoms with E-state index in [0.29, 0.717) is 28.2 Å². The van der Waals surface area contributed by atoms with Crippen LogP contribution in [0.4, 0.5) is 14.5 Å². The summed E-state index contributed by atoms with van der Waals surface area (Å²) < 4.78 is 59.8. The second kappa shape index (κ2) is 8.62. The van der Waals surface area contributed by atoms with Crippen molar-refractivity contribution in [3.8, 4) is 22.6 Å². The molecule has 0 amide bonds. The Morgan fingerprint density at radius 2 is 1.79 bits per heavy atom. The van der Waals surface area contributed by atoms with E-state index < -0.39 is 21.7 Å². The molecule has 0 radical (unpaired) electrons. The summed E-state index contributed by atoms with van der Waals surface area (Å²) in [7, 11) is -3.54. The third kappa shape index (κ3) is 4.85. The second-order valence-electron chi connectivity index (χ2n) is 7.28. The van der Waals surface area contributed by atoms with Gasteiger partial charge in [-0.2, -0.15) is 0 Å². The van der Waals surface area contributed by atoms with Crippen molar-refractivity contribution in [3.05, 3.63) is 82.3 Å². The molecule has 33 heavy (non-hydrogen) atoms. The molecule has 0 saturated heterocycles. The van der Waals surface area contributed by atoms with E-state index in [1.165, 1.54) is 19.1 Å². The molecule has 10 heteroatoms. The molecule has 2 N–H and O–H groups in total. The Balaban J connectivity index is 1.86. The molecule has 0 aliphatic heterocycles. The van der Waals surface area contributed by atoms with Gasteiger partial charge in [0, 0.05) is 17.3 Å². The number of ether oxygens (including phenoxy) is 1. The molecule has 4 rings (SSSR count). The Morgan fingerprint density at radius 1 is 1.03 bits per heavy atom. The first-order valence-electron chi connectivity index (χ1n) is 9.93. The summed E-state index contributed by atoms with van der Waals surface area (Å²) in [4.78, 5) is 18.9. The largest absolute Gasteiger partial charge is 0.454 e. The number of halogens is 2. The van der Waals surface area contributed by atoms with Crippen LogP contribution in [0.5, 0.6) is 11.5 Å². The van der Waals surface area contributed by atoms with Crippen molar-refractivity contribution in [1.82, 2.24) is 9.97 Å². The molecule has 4 aromatic rings. The fourth-order valence-corrected chi connectivity index (χ4v) is 3.81. The van der Waals surface area contributed by atoms with Crippen molar-refractivity contribution in [1.29, 1.82) is 0 Å². The highest BCUT2D eigenvalue weighted by atomic mass is 32.2. The summed E-state index contributed by atoms with van der Waals surface area (Å²) >= 11 is 0. The Hall–Kier alpha value is -3.79. The topological polar surface area (TPSA) is 101 Å². The number of nitrogens with one attached hydrogen (secondary N) is 2. The van der Waals surface area contributed by atoms with Crippen molar-refractivity contribution in [3.63, 3.8) is 0 Å². The lowest BCUT2D eigenvalue weighted by molar-refractivity contribution is 0.439. The van der Waals surface area contributed by atoms with Gasteiger partial charge in [-0.05, 0) is 61.9 Å². The Morgan fingerprint density at radius 3 is 2.52 bits per heavy atom. The Kier molecular flexibility index (Phi) is 5.86. The second-order valence-corrected chi connectivity index (χ2v) is 9.29. The number of aromatic amines is 1. The van der Waals surface area contributed by atoms with Crippen molar-refractivity contribution >= 4 is 26.7 Å². The first-order chi connectivity index (χ1) is 15.6. The average molecular weight is 471 g/mol. The molecule has 1 aromatic heterocycles. The smallest absolute Gasteiger partial charge is 0.269 e. The summed E-state index contributed by atoms with van der Waals surface area (Å²) in [5.74, 6) is -1.73. The highest BCUT2D eigenvalue weighted by Crippen LogP contribution is 2.37. The van der Waals surface area contributed by atoms with Crippen LogP contribution in [0.25, 0.3) is 22.2 Å². The molecule has 1 heterocycles. The lowest BCUT2D eigenvalue weighted by atomic mass is 10.0. The number of anilines is 1. The SMILES string of the molecule is CCS(=O)(=O)Nc1ccc(Oc2ccc(F)cc2F)c(-c2ccc3[nH]c(=O)c(C)nc3c2)c1. The van der Waals surface area contributed by atoms with Gasteiger partial charge in [0.25, 0.3) is 5.56 Å². The van der Waals surface area contributed by atoms with Crippen LogP contribution in [0.3, 0.4) is 0 Å². The number of nitrogens with zero attached hydrogens (tertiary/aromatic N) is 1. The van der Waals surface area contributed by atoms with Crippen LogP contribution in [0, 0.1) is 18.6 Å². The van der Waals surface area contributed by atoms with Gasteiger partial charge in [0.15, 0.2) is 11.6 Å². The van der Waals surface area contributed by atoms with E-state index in [-0.39, 0.29) is 34.2 Å². The van der Waals surface area contributed by atoms with E-state index >= 15 is 0 Å². The summed E-state index contributed by atoms with van der Waals surface area (Å²) in [6.07, 6.45) is 0. The molecule has 0 unspecified atom stereocenters. The van der Waals surface area contributed by atoms with Crippen LogP contribution in [-0.2, 0) is 10.0 Å². The molecular formula is C23H19F2N3O4S. The molecule has 0 spiro atoms. The lowest BCUT2D eigenvalue weighted by Crippen LogP contribution is -2.14. The number of hydrogen-bond acceptors (Lipinski definition) is 5. The van der Waals surface area contributed by atoms with Crippen molar-refractivity contribution in [2.75, 3.05) is 10.5 Å². The van der Waals surface area contributed by atoms with E-state index in [1.807, 2.05) is 0 Å². The molecule has 0 aliphatic carbocycles. The monoisotopic (exact) mass is 471 g/mol. The van der Waals surface area contributed by atoms with Crippen LogP contribution in [0.1, 0.15) is 12.6 Å². The molecule has 0 fully saturated rings. The number of sulfonamides is 1. The first kappa shape index (κ1) is 22.4. The molecule has 0 saturated carbocycles. The molecular weight excluding hydrogens is 452 g/mol. The maximum Gasteiger partial charge on any atom is 0.269 e.